The molecule has 0 atom stereocenters. The molecule has 0 saturated heterocycles. The third kappa shape index (κ3) is 3.49. The van der Waals surface area contributed by atoms with Crippen molar-refractivity contribution in [2.24, 2.45) is 0 Å². The van der Waals surface area contributed by atoms with Gasteiger partial charge in [-0.3, -0.25) is 4.72 Å². The Morgan fingerprint density at radius 2 is 2.04 bits per heavy atom. The largest absolute Gasteiger partial charge is 0.496 e. The van der Waals surface area contributed by atoms with E-state index in [9.17, 15) is 8.42 Å². The fourth-order valence-electron chi connectivity index (χ4n) is 2.27. The van der Waals surface area contributed by atoms with Crippen molar-refractivity contribution >= 4 is 31.6 Å². The van der Waals surface area contributed by atoms with E-state index in [2.05, 4.69) is 36.2 Å². The van der Waals surface area contributed by atoms with Gasteiger partial charge >= 0.3 is 0 Å². The molecule has 0 radical (unpaired) electrons. The zero-order valence-corrected chi connectivity index (χ0v) is 15.7. The lowest BCUT2D eigenvalue weighted by molar-refractivity contribution is 0.411. The number of anilines is 1. The SMILES string of the molecule is COc1ccc(S(=O)(=O)Nc2cccc(-n3cnnn3)c2C)cc1Br. The predicted octanol–water partition coefficient (Wildman–Crippen LogP) is 2.54. The smallest absolute Gasteiger partial charge is 0.261 e. The molecule has 1 aromatic heterocycles. The van der Waals surface area contributed by atoms with Crippen LogP contribution in [0.25, 0.3) is 5.69 Å². The highest BCUT2D eigenvalue weighted by molar-refractivity contribution is 9.10. The Hall–Kier alpha value is -2.46. The predicted molar refractivity (Wildman–Crippen MR) is 95.4 cm³/mol. The highest BCUT2D eigenvalue weighted by Gasteiger charge is 2.18. The lowest BCUT2D eigenvalue weighted by Gasteiger charge is -2.14. The minimum absolute atomic E-state index is 0.118. The summed E-state index contributed by atoms with van der Waals surface area (Å²) < 4.78 is 35.1. The molecule has 25 heavy (non-hydrogen) atoms. The monoisotopic (exact) mass is 423 g/mol. The van der Waals surface area contributed by atoms with Gasteiger partial charge < -0.3 is 4.74 Å². The third-order valence-corrected chi connectivity index (χ3v) is 5.56. The van der Waals surface area contributed by atoms with E-state index in [1.165, 1.54) is 30.3 Å². The van der Waals surface area contributed by atoms with E-state index in [1.807, 2.05) is 0 Å². The van der Waals surface area contributed by atoms with Crippen LogP contribution in [-0.2, 0) is 10.0 Å². The molecule has 0 fully saturated rings. The van der Waals surface area contributed by atoms with Crippen molar-refractivity contribution in [1.29, 1.82) is 0 Å². The second-order valence-corrected chi connectivity index (χ2v) is 7.64. The van der Waals surface area contributed by atoms with Gasteiger partial charge in [-0.15, -0.1) is 5.10 Å². The van der Waals surface area contributed by atoms with Crippen LogP contribution in [0.4, 0.5) is 5.69 Å². The highest BCUT2D eigenvalue weighted by Crippen LogP contribution is 2.29. The van der Waals surface area contributed by atoms with Crippen LogP contribution in [0.5, 0.6) is 5.75 Å². The average Bonchev–Trinajstić information content (AvgIpc) is 3.11. The van der Waals surface area contributed by atoms with E-state index in [4.69, 9.17) is 4.74 Å². The maximum absolute atomic E-state index is 12.7. The van der Waals surface area contributed by atoms with Crippen LogP contribution >= 0.6 is 15.9 Å². The molecule has 0 spiro atoms. The molecule has 0 saturated carbocycles. The number of halogens is 1. The molecule has 130 valence electrons. The summed E-state index contributed by atoms with van der Waals surface area (Å²) >= 11 is 3.29. The van der Waals surface area contributed by atoms with Gasteiger partial charge in [0.1, 0.15) is 12.1 Å². The van der Waals surface area contributed by atoms with Crippen molar-refractivity contribution in [3.05, 3.63) is 52.8 Å². The molecule has 3 aromatic rings. The van der Waals surface area contributed by atoms with E-state index in [0.717, 1.165) is 0 Å². The fourth-order valence-corrected chi connectivity index (χ4v) is 4.11. The summed E-state index contributed by atoms with van der Waals surface area (Å²) in [6.45, 7) is 1.79. The molecule has 0 aliphatic carbocycles. The Morgan fingerprint density at radius 1 is 1.24 bits per heavy atom. The molecule has 2 aromatic carbocycles. The van der Waals surface area contributed by atoms with Gasteiger partial charge in [0.15, 0.2) is 0 Å². The van der Waals surface area contributed by atoms with Crippen LogP contribution < -0.4 is 9.46 Å². The number of nitrogens with zero attached hydrogens (tertiary/aromatic N) is 4. The Balaban J connectivity index is 1.96. The summed E-state index contributed by atoms with van der Waals surface area (Å²) in [5, 5.41) is 11.0. The number of ether oxygens (including phenoxy) is 1. The normalized spacial score (nSPS) is 11.3. The second kappa shape index (κ2) is 6.81. The van der Waals surface area contributed by atoms with E-state index >= 15 is 0 Å². The summed E-state index contributed by atoms with van der Waals surface area (Å²) in [6, 6.07) is 9.76. The van der Waals surface area contributed by atoms with E-state index in [-0.39, 0.29) is 4.90 Å². The molecular weight excluding hydrogens is 410 g/mol. The number of aromatic nitrogens is 4. The number of rotatable bonds is 5. The molecule has 10 heteroatoms. The van der Waals surface area contributed by atoms with Crippen LogP contribution in [0.15, 0.2) is 52.1 Å². The number of sulfonamides is 1. The van der Waals surface area contributed by atoms with Crippen LogP contribution in [0, 0.1) is 6.92 Å². The molecular formula is C15H14BrN5O3S. The van der Waals surface area contributed by atoms with Crippen molar-refractivity contribution in [1.82, 2.24) is 20.2 Å². The molecule has 1 heterocycles. The minimum Gasteiger partial charge on any atom is -0.496 e. The summed E-state index contributed by atoms with van der Waals surface area (Å²) in [5.41, 5.74) is 1.83. The quantitative estimate of drug-likeness (QED) is 0.676. The van der Waals surface area contributed by atoms with Gasteiger partial charge in [0, 0.05) is 0 Å². The number of methoxy groups -OCH3 is 1. The van der Waals surface area contributed by atoms with E-state index in [1.54, 1.807) is 31.2 Å². The maximum Gasteiger partial charge on any atom is 0.261 e. The second-order valence-electron chi connectivity index (χ2n) is 5.11. The Bertz CT molecular complexity index is 1010. The molecule has 0 unspecified atom stereocenters. The Morgan fingerprint density at radius 3 is 2.68 bits per heavy atom. The number of benzene rings is 2. The van der Waals surface area contributed by atoms with E-state index in [0.29, 0.717) is 27.2 Å². The number of tetrazole rings is 1. The zero-order chi connectivity index (χ0) is 18.0. The van der Waals surface area contributed by atoms with Gasteiger partial charge in [-0.05, 0) is 69.2 Å². The van der Waals surface area contributed by atoms with Crippen LogP contribution in [0.1, 0.15) is 5.56 Å². The molecule has 3 rings (SSSR count). The van der Waals surface area contributed by atoms with E-state index < -0.39 is 10.0 Å². The van der Waals surface area contributed by atoms with Gasteiger partial charge in [-0.25, -0.2) is 13.1 Å². The molecule has 1 N–H and O–H groups in total. The van der Waals surface area contributed by atoms with Gasteiger partial charge in [-0.1, -0.05) is 6.07 Å². The first-order valence-electron chi connectivity index (χ1n) is 7.11. The molecule has 0 aliphatic heterocycles. The fraction of sp³-hybridized carbons (Fsp3) is 0.133. The highest BCUT2D eigenvalue weighted by atomic mass is 79.9. The van der Waals surface area contributed by atoms with Gasteiger partial charge in [0.05, 0.1) is 27.9 Å². The van der Waals surface area contributed by atoms with Crippen LogP contribution in [-0.4, -0.2) is 35.7 Å². The number of hydrogen-bond acceptors (Lipinski definition) is 6. The van der Waals surface area contributed by atoms with Crippen LogP contribution in [0.3, 0.4) is 0 Å². The van der Waals surface area contributed by atoms with Crippen molar-refractivity contribution in [3.63, 3.8) is 0 Å². The standard InChI is InChI=1S/C15H14BrN5O3S/c1-10-13(4-3-5-14(10)21-9-17-19-20-21)18-25(22,23)11-6-7-15(24-2)12(16)8-11/h3-9,18H,1-2H3. The first-order chi connectivity index (χ1) is 11.9. The number of hydrogen-bond donors (Lipinski definition) is 1. The topological polar surface area (TPSA) is 99.0 Å². The first-order valence-corrected chi connectivity index (χ1v) is 9.39. The zero-order valence-electron chi connectivity index (χ0n) is 13.3. The average molecular weight is 424 g/mol. The van der Waals surface area contributed by atoms with Gasteiger partial charge in [0.25, 0.3) is 10.0 Å². The lowest BCUT2D eigenvalue weighted by atomic mass is 10.1. The lowest BCUT2D eigenvalue weighted by Crippen LogP contribution is -2.14. The minimum atomic E-state index is -3.77. The maximum atomic E-state index is 12.7. The van der Waals surface area contributed by atoms with Crippen molar-refractivity contribution in [2.75, 3.05) is 11.8 Å². The Labute approximate surface area is 153 Å². The molecule has 8 nitrogen and oxygen atoms in total. The van der Waals surface area contributed by atoms with Gasteiger partial charge in [-0.2, -0.15) is 0 Å². The number of nitrogens with one attached hydrogen (secondary N) is 1. The summed E-state index contributed by atoms with van der Waals surface area (Å²) in [5.74, 6) is 0.552. The van der Waals surface area contributed by atoms with Crippen molar-refractivity contribution in [3.8, 4) is 11.4 Å². The molecule has 0 amide bonds. The first kappa shape index (κ1) is 17.4. The molecule has 0 bridgehead atoms. The summed E-state index contributed by atoms with van der Waals surface area (Å²) in [4.78, 5) is 0.118. The Kier molecular flexibility index (Phi) is 4.73. The van der Waals surface area contributed by atoms with Gasteiger partial charge in [0.2, 0.25) is 0 Å². The third-order valence-electron chi connectivity index (χ3n) is 3.58. The molecule has 0 aliphatic rings. The van der Waals surface area contributed by atoms with Crippen LogP contribution in [0.2, 0.25) is 0 Å². The summed E-state index contributed by atoms with van der Waals surface area (Å²) in [7, 11) is -2.25. The summed E-state index contributed by atoms with van der Waals surface area (Å²) in [6.07, 6.45) is 1.45. The van der Waals surface area contributed by atoms with Crippen molar-refractivity contribution < 1.29 is 13.2 Å². The van der Waals surface area contributed by atoms with Crippen molar-refractivity contribution in [2.45, 2.75) is 11.8 Å².